The number of nitrogens with one attached hydrogen (secondary N) is 1. The minimum Gasteiger partial charge on any atom is -0.380 e. The zero-order chi connectivity index (χ0) is 17.8. The molecule has 1 aliphatic heterocycles. The predicted octanol–water partition coefficient (Wildman–Crippen LogP) is 3.26. The van der Waals surface area contributed by atoms with Crippen LogP contribution in [0.25, 0.3) is 0 Å². The van der Waals surface area contributed by atoms with Crippen LogP contribution in [0.4, 0.5) is 15.9 Å². The van der Waals surface area contributed by atoms with E-state index in [9.17, 15) is 9.18 Å². The summed E-state index contributed by atoms with van der Waals surface area (Å²) in [6.07, 6.45) is 2.00. The first kappa shape index (κ1) is 17.4. The van der Waals surface area contributed by atoms with E-state index in [0.29, 0.717) is 18.8 Å². The Bertz CT molecular complexity index is 749. The Balaban J connectivity index is 1.67. The molecule has 0 amide bonds. The zero-order valence-electron chi connectivity index (χ0n) is 14.5. The lowest BCUT2D eigenvalue weighted by Crippen LogP contribution is -2.41. The van der Waals surface area contributed by atoms with Crippen molar-refractivity contribution in [3.8, 4) is 0 Å². The molecule has 1 saturated heterocycles. The fraction of sp³-hybridized carbons (Fsp3) is 0.368. The van der Waals surface area contributed by atoms with Crippen LogP contribution in [0.5, 0.6) is 0 Å². The Morgan fingerprint density at radius 2 is 2.24 bits per heavy atom. The lowest BCUT2D eigenvalue weighted by Gasteiger charge is -2.32. The number of nitrogens with zero attached hydrogens (tertiary/aromatic N) is 2. The summed E-state index contributed by atoms with van der Waals surface area (Å²) in [6.45, 7) is 6.26. The Morgan fingerprint density at radius 1 is 1.40 bits per heavy atom. The average Bonchev–Trinajstić information content (AvgIpc) is 2.60. The smallest absolute Gasteiger partial charge is 0.164 e. The molecule has 0 saturated carbocycles. The normalized spacial score (nSPS) is 17.4. The minimum absolute atomic E-state index is 0.0920. The van der Waals surface area contributed by atoms with E-state index in [0.717, 1.165) is 24.5 Å². The van der Waals surface area contributed by atoms with Crippen LogP contribution in [0.15, 0.2) is 36.5 Å². The second-order valence-corrected chi connectivity index (χ2v) is 6.22. The molecule has 0 spiro atoms. The minimum atomic E-state index is -0.507. The molecule has 1 fully saturated rings. The number of benzene rings is 1. The van der Waals surface area contributed by atoms with Crippen LogP contribution in [0.1, 0.15) is 29.8 Å². The monoisotopic (exact) mass is 343 g/mol. The van der Waals surface area contributed by atoms with Gasteiger partial charge in [0.1, 0.15) is 11.6 Å². The number of anilines is 2. The van der Waals surface area contributed by atoms with Gasteiger partial charge in [0.25, 0.3) is 0 Å². The summed E-state index contributed by atoms with van der Waals surface area (Å²) in [5.41, 5.74) is 1.55. The number of Topliss-reactive ketones (excluding diaryl/α,β-unsaturated/α-hetero) is 1. The predicted molar refractivity (Wildman–Crippen MR) is 95.6 cm³/mol. The number of morpholine rings is 1. The molecule has 6 heteroatoms. The summed E-state index contributed by atoms with van der Waals surface area (Å²) in [7, 11) is 0. The van der Waals surface area contributed by atoms with Gasteiger partial charge in [0.05, 0.1) is 18.3 Å². The Morgan fingerprint density at radius 3 is 2.92 bits per heavy atom. The molecule has 2 heterocycles. The highest BCUT2D eigenvalue weighted by atomic mass is 19.1. The third kappa shape index (κ3) is 4.14. The molecule has 3 rings (SSSR count). The van der Waals surface area contributed by atoms with Crippen molar-refractivity contribution in [2.75, 3.05) is 29.9 Å². The first-order chi connectivity index (χ1) is 12.0. The maximum Gasteiger partial charge on any atom is 0.164 e. The van der Waals surface area contributed by atoms with Crippen molar-refractivity contribution in [2.45, 2.75) is 26.5 Å². The fourth-order valence-corrected chi connectivity index (χ4v) is 2.96. The van der Waals surface area contributed by atoms with Gasteiger partial charge in [-0.05, 0) is 37.6 Å². The molecule has 0 radical (unpaired) electrons. The van der Waals surface area contributed by atoms with Crippen LogP contribution in [0.3, 0.4) is 0 Å². The number of rotatable bonds is 5. The van der Waals surface area contributed by atoms with Crippen LogP contribution in [0, 0.1) is 5.82 Å². The molecule has 132 valence electrons. The maximum atomic E-state index is 13.8. The van der Waals surface area contributed by atoms with E-state index < -0.39 is 5.82 Å². The first-order valence-electron chi connectivity index (χ1n) is 8.39. The summed E-state index contributed by atoms with van der Waals surface area (Å²) in [5.74, 6) is 0.122. The van der Waals surface area contributed by atoms with Gasteiger partial charge in [-0.2, -0.15) is 0 Å². The summed E-state index contributed by atoms with van der Waals surface area (Å²) >= 11 is 0. The zero-order valence-corrected chi connectivity index (χ0v) is 14.5. The number of ketones is 1. The van der Waals surface area contributed by atoms with Crippen molar-refractivity contribution in [1.29, 1.82) is 0 Å². The second kappa shape index (κ2) is 7.61. The van der Waals surface area contributed by atoms with E-state index in [4.69, 9.17) is 4.74 Å². The van der Waals surface area contributed by atoms with Gasteiger partial charge < -0.3 is 15.0 Å². The Labute approximate surface area is 146 Å². The van der Waals surface area contributed by atoms with Gasteiger partial charge in [-0.1, -0.05) is 12.1 Å². The number of pyridine rings is 1. The van der Waals surface area contributed by atoms with Crippen molar-refractivity contribution in [1.82, 2.24) is 4.98 Å². The van der Waals surface area contributed by atoms with Gasteiger partial charge >= 0.3 is 0 Å². The number of hydrogen-bond acceptors (Lipinski definition) is 5. The van der Waals surface area contributed by atoms with Crippen LogP contribution in [-0.2, 0) is 11.3 Å². The van der Waals surface area contributed by atoms with Crippen LogP contribution in [-0.4, -0.2) is 36.6 Å². The maximum absolute atomic E-state index is 13.8. The van der Waals surface area contributed by atoms with E-state index in [2.05, 4.69) is 22.1 Å². The molecule has 25 heavy (non-hydrogen) atoms. The van der Waals surface area contributed by atoms with Crippen molar-refractivity contribution in [3.63, 3.8) is 0 Å². The highest BCUT2D eigenvalue weighted by molar-refractivity contribution is 5.99. The van der Waals surface area contributed by atoms with E-state index in [1.54, 1.807) is 18.3 Å². The molecular formula is C19H22FN3O2. The topological polar surface area (TPSA) is 54.5 Å². The van der Waals surface area contributed by atoms with Crippen LogP contribution < -0.4 is 10.2 Å². The largest absolute Gasteiger partial charge is 0.380 e. The molecule has 1 aliphatic rings. The number of aromatic nitrogens is 1. The van der Waals surface area contributed by atoms with Crippen LogP contribution >= 0.6 is 0 Å². The van der Waals surface area contributed by atoms with Gasteiger partial charge in [0.2, 0.25) is 0 Å². The Hall–Kier alpha value is -2.47. The number of carbonyl (C=O) groups excluding carboxylic acids is 1. The first-order valence-corrected chi connectivity index (χ1v) is 8.39. The fourth-order valence-electron chi connectivity index (χ4n) is 2.96. The van der Waals surface area contributed by atoms with E-state index in [1.807, 2.05) is 12.1 Å². The van der Waals surface area contributed by atoms with Gasteiger partial charge in [-0.15, -0.1) is 0 Å². The van der Waals surface area contributed by atoms with E-state index >= 15 is 0 Å². The van der Waals surface area contributed by atoms with E-state index in [-0.39, 0.29) is 17.5 Å². The van der Waals surface area contributed by atoms with Crippen molar-refractivity contribution < 1.29 is 13.9 Å². The van der Waals surface area contributed by atoms with Gasteiger partial charge in [-0.25, -0.2) is 9.37 Å². The molecular weight excluding hydrogens is 321 g/mol. The average molecular weight is 343 g/mol. The second-order valence-electron chi connectivity index (χ2n) is 6.22. The molecule has 1 aromatic heterocycles. The summed E-state index contributed by atoms with van der Waals surface area (Å²) in [6, 6.07) is 8.55. The standard InChI is InChI=1S/C19H22FN3O2/c1-13-12-23(8-9-25-13)18-7-6-15(11-22-18)10-21-17-5-3-4-16(20)19(17)14(2)24/h3-7,11,13,21H,8-10,12H2,1-2H3. The number of ether oxygens (including phenoxy) is 1. The van der Waals surface area contributed by atoms with Crippen molar-refractivity contribution in [3.05, 3.63) is 53.5 Å². The highest BCUT2D eigenvalue weighted by Gasteiger charge is 2.18. The molecule has 1 unspecified atom stereocenters. The molecule has 1 aromatic carbocycles. The summed E-state index contributed by atoms with van der Waals surface area (Å²) < 4.78 is 19.4. The molecule has 0 bridgehead atoms. The number of halogens is 1. The van der Waals surface area contributed by atoms with Gasteiger partial charge in [-0.3, -0.25) is 4.79 Å². The quantitative estimate of drug-likeness (QED) is 0.845. The lowest BCUT2D eigenvalue weighted by atomic mass is 10.1. The molecule has 0 aliphatic carbocycles. The Kier molecular flexibility index (Phi) is 5.28. The lowest BCUT2D eigenvalue weighted by molar-refractivity contribution is 0.0529. The highest BCUT2D eigenvalue weighted by Crippen LogP contribution is 2.21. The van der Waals surface area contributed by atoms with Gasteiger partial charge in [0, 0.05) is 31.5 Å². The molecule has 1 atom stereocenters. The van der Waals surface area contributed by atoms with Crippen molar-refractivity contribution >= 4 is 17.3 Å². The third-order valence-corrected chi connectivity index (χ3v) is 4.22. The number of hydrogen-bond donors (Lipinski definition) is 1. The molecule has 1 N–H and O–H groups in total. The van der Waals surface area contributed by atoms with Crippen LogP contribution in [0.2, 0.25) is 0 Å². The SMILES string of the molecule is CC(=O)c1c(F)cccc1NCc1ccc(N2CCOC(C)C2)nc1. The molecule has 2 aromatic rings. The van der Waals surface area contributed by atoms with Gasteiger partial charge in [0.15, 0.2) is 5.78 Å². The molecule has 5 nitrogen and oxygen atoms in total. The van der Waals surface area contributed by atoms with E-state index in [1.165, 1.54) is 13.0 Å². The van der Waals surface area contributed by atoms with Crippen molar-refractivity contribution in [2.24, 2.45) is 0 Å². The summed E-state index contributed by atoms with van der Waals surface area (Å²) in [5, 5.41) is 3.12. The number of carbonyl (C=O) groups is 1. The summed E-state index contributed by atoms with van der Waals surface area (Å²) in [4.78, 5) is 18.4. The third-order valence-electron chi connectivity index (χ3n) is 4.22.